The fourth-order valence-electron chi connectivity index (χ4n) is 2.08. The molecule has 1 aromatic heterocycles. The van der Waals surface area contributed by atoms with Gasteiger partial charge in [-0.15, -0.1) is 0 Å². The van der Waals surface area contributed by atoms with E-state index in [0.29, 0.717) is 0 Å². The number of hydrogen-bond acceptors (Lipinski definition) is 4. The summed E-state index contributed by atoms with van der Waals surface area (Å²) in [6.45, 7) is 6.71. The Balaban J connectivity index is 1.94. The fourth-order valence-corrected chi connectivity index (χ4v) is 2.08. The second-order valence-corrected chi connectivity index (χ2v) is 4.80. The fraction of sp³-hybridized carbons (Fsp3) is 0.538. The van der Waals surface area contributed by atoms with E-state index >= 15 is 0 Å². The third-order valence-corrected chi connectivity index (χ3v) is 3.12. The van der Waals surface area contributed by atoms with Crippen molar-refractivity contribution in [2.45, 2.75) is 13.5 Å². The first kappa shape index (κ1) is 13.0. The minimum atomic E-state index is -0.0493. The van der Waals surface area contributed by atoms with Crippen LogP contribution in [0.3, 0.4) is 0 Å². The monoisotopic (exact) mass is 248 g/mol. The van der Waals surface area contributed by atoms with Gasteiger partial charge in [-0.25, -0.2) is 0 Å². The molecule has 0 spiro atoms. The maximum atomic E-state index is 11.0. The van der Waals surface area contributed by atoms with E-state index in [2.05, 4.69) is 27.1 Å². The maximum absolute atomic E-state index is 11.0. The Kier molecular flexibility index (Phi) is 4.28. The second kappa shape index (κ2) is 5.93. The molecule has 1 fully saturated rings. The molecule has 98 valence electrons. The van der Waals surface area contributed by atoms with Crippen molar-refractivity contribution in [3.8, 4) is 0 Å². The minimum absolute atomic E-state index is 0.0493. The van der Waals surface area contributed by atoms with Crippen LogP contribution in [0.25, 0.3) is 0 Å². The Morgan fingerprint density at radius 1 is 1.39 bits per heavy atom. The van der Waals surface area contributed by atoms with Crippen LogP contribution in [-0.2, 0) is 11.3 Å². The van der Waals surface area contributed by atoms with Crippen molar-refractivity contribution in [3.63, 3.8) is 0 Å². The number of pyridine rings is 1. The van der Waals surface area contributed by atoms with Crippen LogP contribution in [0.5, 0.6) is 0 Å². The zero-order chi connectivity index (χ0) is 13.0. The molecule has 1 saturated heterocycles. The number of nitrogens with one attached hydrogen (secondary N) is 1. The molecule has 0 aromatic carbocycles. The Hall–Kier alpha value is -1.46. The van der Waals surface area contributed by atoms with Gasteiger partial charge in [0, 0.05) is 51.5 Å². The van der Waals surface area contributed by atoms with Gasteiger partial charge < -0.3 is 10.2 Å². The van der Waals surface area contributed by atoms with Gasteiger partial charge in [0.1, 0.15) is 0 Å². The third kappa shape index (κ3) is 3.78. The number of nitrogens with zero attached hydrogens (tertiary/aromatic N) is 3. The van der Waals surface area contributed by atoms with E-state index in [1.54, 1.807) is 6.20 Å². The number of likely N-dealkylation sites (N-methyl/N-ethyl adjacent to an activating group) is 1. The van der Waals surface area contributed by atoms with Gasteiger partial charge >= 0.3 is 0 Å². The number of hydrogen-bond donors (Lipinski definition) is 1. The molecule has 5 heteroatoms. The van der Waals surface area contributed by atoms with E-state index in [-0.39, 0.29) is 5.91 Å². The average molecular weight is 248 g/mol. The quantitative estimate of drug-likeness (QED) is 0.859. The van der Waals surface area contributed by atoms with Crippen LogP contribution < -0.4 is 5.32 Å². The highest BCUT2D eigenvalue weighted by molar-refractivity contribution is 5.88. The third-order valence-electron chi connectivity index (χ3n) is 3.12. The highest BCUT2D eigenvalue weighted by Crippen LogP contribution is 2.11. The summed E-state index contributed by atoms with van der Waals surface area (Å²) in [6.07, 6.45) is 1.75. The lowest BCUT2D eigenvalue weighted by Gasteiger charge is -2.32. The molecule has 2 rings (SSSR count). The van der Waals surface area contributed by atoms with Gasteiger partial charge in [0.15, 0.2) is 0 Å². The van der Waals surface area contributed by atoms with E-state index in [0.717, 1.165) is 44.1 Å². The number of aromatic nitrogens is 1. The molecule has 1 aliphatic heterocycles. The molecular weight excluding hydrogens is 228 g/mol. The zero-order valence-corrected chi connectivity index (χ0v) is 11.0. The summed E-state index contributed by atoms with van der Waals surface area (Å²) < 4.78 is 0. The molecule has 1 N–H and O–H groups in total. The largest absolute Gasteiger partial charge is 0.326 e. The summed E-state index contributed by atoms with van der Waals surface area (Å²) in [7, 11) is 2.15. The van der Waals surface area contributed by atoms with Gasteiger partial charge in [-0.05, 0) is 19.2 Å². The van der Waals surface area contributed by atoms with Crippen LogP contribution in [0, 0.1) is 0 Å². The lowest BCUT2D eigenvalue weighted by Crippen LogP contribution is -2.44. The molecule has 0 bridgehead atoms. The lowest BCUT2D eigenvalue weighted by molar-refractivity contribution is -0.114. The molecule has 0 aliphatic carbocycles. The Bertz CT molecular complexity index is 413. The van der Waals surface area contributed by atoms with Gasteiger partial charge in [-0.2, -0.15) is 0 Å². The van der Waals surface area contributed by atoms with E-state index in [4.69, 9.17) is 0 Å². The van der Waals surface area contributed by atoms with Crippen LogP contribution in [-0.4, -0.2) is 53.9 Å². The van der Waals surface area contributed by atoms with Gasteiger partial charge in [0.2, 0.25) is 5.91 Å². The van der Waals surface area contributed by atoms with E-state index in [1.165, 1.54) is 6.92 Å². The van der Waals surface area contributed by atoms with E-state index in [1.807, 2.05) is 12.1 Å². The molecule has 0 atom stereocenters. The molecule has 1 aromatic rings. The van der Waals surface area contributed by atoms with Crippen molar-refractivity contribution in [1.29, 1.82) is 0 Å². The standard InChI is InChI=1S/C13H20N4O/c1-11(18)15-12-3-4-14-13(9-12)10-17-7-5-16(2)6-8-17/h3-4,9H,5-8,10H2,1-2H3,(H,14,15,18). The maximum Gasteiger partial charge on any atom is 0.221 e. The molecule has 1 aliphatic rings. The Morgan fingerprint density at radius 3 is 2.78 bits per heavy atom. The van der Waals surface area contributed by atoms with Crippen molar-refractivity contribution in [2.24, 2.45) is 0 Å². The summed E-state index contributed by atoms with van der Waals surface area (Å²) >= 11 is 0. The SMILES string of the molecule is CC(=O)Nc1ccnc(CN2CCN(C)CC2)c1. The first-order valence-electron chi connectivity index (χ1n) is 6.27. The number of carbonyl (C=O) groups is 1. The molecule has 5 nitrogen and oxygen atoms in total. The predicted octanol–water partition coefficient (Wildman–Crippen LogP) is 0.787. The molecule has 0 saturated carbocycles. The number of rotatable bonds is 3. The van der Waals surface area contributed by atoms with Gasteiger partial charge in [0.05, 0.1) is 5.69 Å². The first-order chi connectivity index (χ1) is 8.63. The van der Waals surface area contributed by atoms with Crippen LogP contribution >= 0.6 is 0 Å². The highest BCUT2D eigenvalue weighted by atomic mass is 16.1. The molecule has 0 radical (unpaired) electrons. The first-order valence-corrected chi connectivity index (χ1v) is 6.27. The minimum Gasteiger partial charge on any atom is -0.326 e. The van der Waals surface area contributed by atoms with Crippen LogP contribution in [0.2, 0.25) is 0 Å². The van der Waals surface area contributed by atoms with Gasteiger partial charge in [-0.1, -0.05) is 0 Å². The van der Waals surface area contributed by atoms with Crippen LogP contribution in [0.4, 0.5) is 5.69 Å². The van der Waals surface area contributed by atoms with E-state index < -0.39 is 0 Å². The number of amides is 1. The summed E-state index contributed by atoms with van der Waals surface area (Å²) in [4.78, 5) is 20.1. The Labute approximate surface area is 108 Å². The average Bonchev–Trinajstić information content (AvgIpc) is 2.32. The smallest absolute Gasteiger partial charge is 0.221 e. The molecule has 18 heavy (non-hydrogen) atoms. The predicted molar refractivity (Wildman–Crippen MR) is 71.3 cm³/mol. The van der Waals surface area contributed by atoms with Crippen LogP contribution in [0.1, 0.15) is 12.6 Å². The van der Waals surface area contributed by atoms with E-state index in [9.17, 15) is 4.79 Å². The summed E-state index contributed by atoms with van der Waals surface area (Å²) in [5.74, 6) is -0.0493. The molecule has 0 unspecified atom stereocenters. The van der Waals surface area contributed by atoms with Crippen molar-refractivity contribution in [1.82, 2.24) is 14.8 Å². The topological polar surface area (TPSA) is 48.5 Å². The molecule has 2 heterocycles. The number of carbonyl (C=O) groups excluding carboxylic acids is 1. The Morgan fingerprint density at radius 2 is 2.11 bits per heavy atom. The highest BCUT2D eigenvalue weighted by Gasteiger charge is 2.14. The van der Waals surface area contributed by atoms with Crippen LogP contribution in [0.15, 0.2) is 18.3 Å². The number of piperazine rings is 1. The van der Waals surface area contributed by atoms with Crippen molar-refractivity contribution in [2.75, 3.05) is 38.5 Å². The van der Waals surface area contributed by atoms with Gasteiger partial charge in [0.25, 0.3) is 0 Å². The summed E-state index contributed by atoms with van der Waals surface area (Å²) in [5, 5.41) is 2.78. The zero-order valence-electron chi connectivity index (χ0n) is 11.0. The number of anilines is 1. The second-order valence-electron chi connectivity index (χ2n) is 4.80. The molecule has 1 amide bonds. The summed E-state index contributed by atoms with van der Waals surface area (Å²) in [6, 6.07) is 3.76. The van der Waals surface area contributed by atoms with Crippen molar-refractivity contribution in [3.05, 3.63) is 24.0 Å². The van der Waals surface area contributed by atoms with Crippen molar-refractivity contribution < 1.29 is 4.79 Å². The molecular formula is C13H20N4O. The van der Waals surface area contributed by atoms with Gasteiger partial charge in [-0.3, -0.25) is 14.7 Å². The van der Waals surface area contributed by atoms with Crippen molar-refractivity contribution >= 4 is 11.6 Å². The normalized spacial score (nSPS) is 17.7. The lowest BCUT2D eigenvalue weighted by atomic mass is 10.2. The summed E-state index contributed by atoms with van der Waals surface area (Å²) in [5.41, 5.74) is 1.83.